The molecule has 0 aromatic heterocycles. The Morgan fingerprint density at radius 2 is 1.68 bits per heavy atom. The van der Waals surface area contributed by atoms with Gasteiger partial charge in [-0.05, 0) is 70.7 Å². The summed E-state index contributed by atoms with van der Waals surface area (Å²) in [7, 11) is 0. The Bertz CT molecular complexity index is 1140. The van der Waals surface area contributed by atoms with Crippen LogP contribution in [0.3, 0.4) is 0 Å². The molecule has 0 heterocycles. The standard InChI is InChI=1S/C29H39N3O4S/c1-9-15-32(27(34)23(17-37)30-28(35)36-29(6,7)8)25(22-14-13-18(2)16-21(22)5)26(33)31-24-19(3)11-10-12-20(24)4/h9-14,16,23,25,37H,1,15,17H2,2-8H3,(H,30,35)(H,31,33). The van der Waals surface area contributed by atoms with Gasteiger partial charge in [-0.1, -0.05) is 48.0 Å². The van der Waals surface area contributed by atoms with Crippen molar-refractivity contribution in [1.29, 1.82) is 0 Å². The average molecular weight is 526 g/mol. The van der Waals surface area contributed by atoms with Crippen molar-refractivity contribution in [2.45, 2.75) is 66.2 Å². The Labute approximate surface area is 226 Å². The summed E-state index contributed by atoms with van der Waals surface area (Å²) in [5.41, 5.74) is 4.37. The molecule has 8 heteroatoms. The van der Waals surface area contributed by atoms with Gasteiger partial charge in [0.05, 0.1) is 0 Å². The zero-order valence-electron chi connectivity index (χ0n) is 22.8. The van der Waals surface area contributed by atoms with E-state index in [1.807, 2.05) is 64.1 Å². The van der Waals surface area contributed by atoms with Crippen LogP contribution >= 0.6 is 12.6 Å². The molecule has 0 saturated heterocycles. The molecule has 2 unspecified atom stereocenters. The second-order valence-electron chi connectivity index (χ2n) is 10.2. The number of carbonyl (C=O) groups excluding carboxylic acids is 3. The van der Waals surface area contributed by atoms with E-state index in [4.69, 9.17) is 4.74 Å². The van der Waals surface area contributed by atoms with Crippen LogP contribution in [0.1, 0.15) is 54.6 Å². The summed E-state index contributed by atoms with van der Waals surface area (Å²) in [6, 6.07) is 9.52. The smallest absolute Gasteiger partial charge is 0.408 e. The van der Waals surface area contributed by atoms with Crippen LogP contribution in [0, 0.1) is 27.7 Å². The van der Waals surface area contributed by atoms with E-state index in [1.54, 1.807) is 26.8 Å². The van der Waals surface area contributed by atoms with Crippen LogP contribution in [-0.2, 0) is 14.3 Å². The van der Waals surface area contributed by atoms with Gasteiger partial charge >= 0.3 is 6.09 Å². The molecule has 0 spiro atoms. The van der Waals surface area contributed by atoms with Gasteiger partial charge in [0.15, 0.2) is 0 Å². The molecule has 3 amide bonds. The highest BCUT2D eigenvalue weighted by atomic mass is 32.1. The third-order valence-corrected chi connectivity index (χ3v) is 6.15. The van der Waals surface area contributed by atoms with E-state index in [9.17, 15) is 14.4 Å². The van der Waals surface area contributed by atoms with Gasteiger partial charge in [0.1, 0.15) is 17.7 Å². The van der Waals surface area contributed by atoms with Crippen LogP contribution < -0.4 is 10.6 Å². The molecular weight excluding hydrogens is 486 g/mol. The molecule has 37 heavy (non-hydrogen) atoms. The molecular formula is C29H39N3O4S. The van der Waals surface area contributed by atoms with Crippen LogP contribution in [0.2, 0.25) is 0 Å². The number of hydrogen-bond donors (Lipinski definition) is 3. The van der Waals surface area contributed by atoms with Crippen molar-refractivity contribution in [1.82, 2.24) is 10.2 Å². The quantitative estimate of drug-likeness (QED) is 0.301. The first-order chi connectivity index (χ1) is 17.3. The number of nitrogens with one attached hydrogen (secondary N) is 2. The highest BCUT2D eigenvalue weighted by Crippen LogP contribution is 2.29. The van der Waals surface area contributed by atoms with Crippen molar-refractivity contribution in [2.24, 2.45) is 0 Å². The number of carbonyl (C=O) groups is 3. The monoisotopic (exact) mass is 525 g/mol. The van der Waals surface area contributed by atoms with Gasteiger partial charge in [-0.2, -0.15) is 12.6 Å². The number of para-hydroxylation sites is 1. The number of thiol groups is 1. The van der Waals surface area contributed by atoms with Gasteiger partial charge < -0.3 is 20.3 Å². The predicted molar refractivity (Wildman–Crippen MR) is 152 cm³/mol. The minimum Gasteiger partial charge on any atom is -0.444 e. The number of amides is 3. The largest absolute Gasteiger partial charge is 0.444 e. The van der Waals surface area contributed by atoms with E-state index >= 15 is 0 Å². The van der Waals surface area contributed by atoms with Gasteiger partial charge in [-0.3, -0.25) is 9.59 Å². The van der Waals surface area contributed by atoms with Crippen LogP contribution in [0.15, 0.2) is 49.1 Å². The predicted octanol–water partition coefficient (Wildman–Crippen LogP) is 5.44. The molecule has 0 saturated carbocycles. The lowest BCUT2D eigenvalue weighted by molar-refractivity contribution is -0.139. The van der Waals surface area contributed by atoms with E-state index in [2.05, 4.69) is 29.8 Å². The molecule has 0 bridgehead atoms. The molecule has 0 radical (unpaired) electrons. The number of alkyl carbamates (subject to hydrolysis) is 1. The summed E-state index contributed by atoms with van der Waals surface area (Å²) < 4.78 is 5.34. The highest BCUT2D eigenvalue weighted by Gasteiger charge is 2.36. The Balaban J connectivity index is 2.54. The van der Waals surface area contributed by atoms with Crippen LogP contribution in [-0.4, -0.2) is 46.7 Å². The highest BCUT2D eigenvalue weighted by molar-refractivity contribution is 7.80. The molecule has 0 aliphatic carbocycles. The number of aryl methyl sites for hydroxylation is 4. The molecule has 0 aliphatic rings. The summed E-state index contributed by atoms with van der Waals surface area (Å²) >= 11 is 4.31. The van der Waals surface area contributed by atoms with Crippen molar-refractivity contribution in [2.75, 3.05) is 17.6 Å². The second-order valence-corrected chi connectivity index (χ2v) is 10.5. The molecule has 200 valence electrons. The number of anilines is 1. The normalized spacial score (nSPS) is 12.8. The zero-order chi connectivity index (χ0) is 27.9. The Morgan fingerprint density at radius 3 is 2.19 bits per heavy atom. The fourth-order valence-corrected chi connectivity index (χ4v) is 4.33. The van der Waals surface area contributed by atoms with E-state index in [-0.39, 0.29) is 18.2 Å². The maximum absolute atomic E-state index is 13.9. The average Bonchev–Trinajstić information content (AvgIpc) is 2.79. The zero-order valence-corrected chi connectivity index (χ0v) is 23.7. The maximum atomic E-state index is 13.9. The molecule has 2 aromatic rings. The number of rotatable bonds is 9. The number of benzene rings is 2. The summed E-state index contributed by atoms with van der Waals surface area (Å²) in [4.78, 5) is 41.6. The third kappa shape index (κ3) is 8.12. The van der Waals surface area contributed by atoms with Gasteiger partial charge in [-0.15, -0.1) is 6.58 Å². The minimum atomic E-state index is -1.01. The van der Waals surface area contributed by atoms with Gasteiger partial charge in [-0.25, -0.2) is 4.79 Å². The summed E-state index contributed by atoms with van der Waals surface area (Å²) in [5.74, 6) is -0.818. The lowest BCUT2D eigenvalue weighted by atomic mass is 9.96. The molecule has 2 atom stereocenters. The van der Waals surface area contributed by atoms with Gasteiger partial charge in [0, 0.05) is 18.0 Å². The fourth-order valence-electron chi connectivity index (χ4n) is 4.08. The molecule has 2 aromatic carbocycles. The molecule has 2 rings (SSSR count). The summed E-state index contributed by atoms with van der Waals surface area (Å²) in [6.45, 7) is 16.8. The molecule has 7 nitrogen and oxygen atoms in total. The van der Waals surface area contributed by atoms with Crippen molar-refractivity contribution in [3.05, 3.63) is 76.9 Å². The number of ether oxygens (including phenoxy) is 1. The first-order valence-corrected chi connectivity index (χ1v) is 12.9. The van der Waals surface area contributed by atoms with Crippen LogP contribution in [0.4, 0.5) is 10.5 Å². The Hall–Kier alpha value is -3.26. The van der Waals surface area contributed by atoms with Crippen LogP contribution in [0.5, 0.6) is 0 Å². The van der Waals surface area contributed by atoms with E-state index in [1.165, 1.54) is 4.90 Å². The van der Waals surface area contributed by atoms with Crippen molar-refractivity contribution >= 4 is 36.2 Å². The maximum Gasteiger partial charge on any atom is 0.408 e. The summed E-state index contributed by atoms with van der Waals surface area (Å²) in [6.07, 6.45) is 0.825. The lowest BCUT2D eigenvalue weighted by Gasteiger charge is -2.34. The Kier molecular flexibility index (Phi) is 10.4. The van der Waals surface area contributed by atoms with Gasteiger partial charge in [0.25, 0.3) is 5.91 Å². The molecule has 2 N–H and O–H groups in total. The van der Waals surface area contributed by atoms with Crippen molar-refractivity contribution < 1.29 is 19.1 Å². The van der Waals surface area contributed by atoms with Crippen LogP contribution in [0.25, 0.3) is 0 Å². The topological polar surface area (TPSA) is 87.7 Å². The first-order valence-electron chi connectivity index (χ1n) is 12.2. The summed E-state index contributed by atoms with van der Waals surface area (Å²) in [5, 5.41) is 5.65. The number of hydrogen-bond acceptors (Lipinski definition) is 5. The first kappa shape index (κ1) is 30.0. The van der Waals surface area contributed by atoms with Crippen molar-refractivity contribution in [3.8, 4) is 0 Å². The SMILES string of the molecule is C=CCN(C(=O)C(CS)NC(=O)OC(C)(C)C)C(C(=O)Nc1c(C)cccc1C)c1ccc(C)cc1C. The van der Waals surface area contributed by atoms with Crippen molar-refractivity contribution in [3.63, 3.8) is 0 Å². The van der Waals surface area contributed by atoms with E-state index < -0.39 is 29.7 Å². The second kappa shape index (κ2) is 12.8. The molecule has 0 fully saturated rings. The third-order valence-electron chi connectivity index (χ3n) is 5.79. The minimum absolute atomic E-state index is 0.0177. The van der Waals surface area contributed by atoms with E-state index in [0.29, 0.717) is 11.3 Å². The van der Waals surface area contributed by atoms with Gasteiger partial charge in [0.2, 0.25) is 5.91 Å². The fraction of sp³-hybridized carbons (Fsp3) is 0.414. The molecule has 0 aliphatic heterocycles. The van der Waals surface area contributed by atoms with E-state index in [0.717, 1.165) is 22.3 Å². The Morgan fingerprint density at radius 1 is 1.05 bits per heavy atom. The number of nitrogens with zero attached hydrogens (tertiary/aromatic N) is 1. The lowest BCUT2D eigenvalue weighted by Crippen LogP contribution is -2.53.